The summed E-state index contributed by atoms with van der Waals surface area (Å²) in [5, 5.41) is 3.26. The lowest BCUT2D eigenvalue weighted by molar-refractivity contribution is 0.192. The van der Waals surface area contributed by atoms with Crippen LogP contribution < -0.4 is 10.1 Å². The van der Waals surface area contributed by atoms with Crippen LogP contribution in [-0.4, -0.2) is 32.4 Å². The van der Waals surface area contributed by atoms with Crippen molar-refractivity contribution in [3.63, 3.8) is 0 Å². The number of unbranched alkanes of at least 4 members (excludes halogenated alkanes) is 2. The van der Waals surface area contributed by atoms with Crippen LogP contribution in [0.25, 0.3) is 0 Å². The van der Waals surface area contributed by atoms with E-state index in [1.165, 1.54) is 6.42 Å². The van der Waals surface area contributed by atoms with E-state index in [2.05, 4.69) is 10.3 Å². The minimum absolute atomic E-state index is 0.643. The van der Waals surface area contributed by atoms with Gasteiger partial charge >= 0.3 is 0 Å². The van der Waals surface area contributed by atoms with Gasteiger partial charge in [-0.25, -0.2) is 0 Å². The number of aromatic nitrogens is 1. The van der Waals surface area contributed by atoms with Crippen molar-refractivity contribution in [3.8, 4) is 5.88 Å². The summed E-state index contributed by atoms with van der Waals surface area (Å²) >= 11 is 0. The molecule has 0 aliphatic carbocycles. The van der Waals surface area contributed by atoms with Gasteiger partial charge in [0.05, 0.1) is 7.11 Å². The summed E-state index contributed by atoms with van der Waals surface area (Å²) < 4.78 is 10.0. The molecular formula is C12H20N2O2. The molecule has 90 valence electrons. The summed E-state index contributed by atoms with van der Waals surface area (Å²) in [6, 6.07) is 5.71. The van der Waals surface area contributed by atoms with Crippen LogP contribution in [0.15, 0.2) is 18.2 Å². The molecule has 0 spiro atoms. The first-order valence-corrected chi connectivity index (χ1v) is 5.60. The number of rotatable bonds is 8. The maximum Gasteiger partial charge on any atom is 0.214 e. The Morgan fingerprint density at radius 1 is 1.19 bits per heavy atom. The Hall–Kier alpha value is -1.29. The van der Waals surface area contributed by atoms with Gasteiger partial charge < -0.3 is 14.8 Å². The normalized spacial score (nSPS) is 10.1. The smallest absolute Gasteiger partial charge is 0.214 e. The van der Waals surface area contributed by atoms with Crippen LogP contribution in [-0.2, 0) is 4.74 Å². The maximum absolute atomic E-state index is 5.05. The lowest BCUT2D eigenvalue weighted by atomic mass is 10.2. The third kappa shape index (κ3) is 4.98. The van der Waals surface area contributed by atoms with Gasteiger partial charge in [0.25, 0.3) is 0 Å². The SMILES string of the molecule is COCCCCCNc1cccc(OC)n1. The number of ether oxygens (including phenoxy) is 2. The summed E-state index contributed by atoms with van der Waals surface area (Å²) in [4.78, 5) is 4.27. The zero-order valence-corrected chi connectivity index (χ0v) is 10.0. The molecular weight excluding hydrogens is 204 g/mol. The molecule has 1 heterocycles. The van der Waals surface area contributed by atoms with Gasteiger partial charge in [-0.2, -0.15) is 4.98 Å². The van der Waals surface area contributed by atoms with Crippen molar-refractivity contribution in [3.05, 3.63) is 18.2 Å². The quantitative estimate of drug-likeness (QED) is 0.688. The van der Waals surface area contributed by atoms with Gasteiger partial charge in [0, 0.05) is 26.3 Å². The molecule has 0 bridgehead atoms. The first-order valence-electron chi connectivity index (χ1n) is 5.60. The van der Waals surface area contributed by atoms with Crippen molar-refractivity contribution in [1.29, 1.82) is 0 Å². The lowest BCUT2D eigenvalue weighted by Gasteiger charge is -2.06. The van der Waals surface area contributed by atoms with E-state index >= 15 is 0 Å². The average Bonchev–Trinajstić information content (AvgIpc) is 2.34. The molecule has 1 aromatic rings. The Bertz CT molecular complexity index is 292. The van der Waals surface area contributed by atoms with Gasteiger partial charge in [-0.05, 0) is 25.3 Å². The fourth-order valence-corrected chi connectivity index (χ4v) is 1.39. The molecule has 1 rings (SSSR count). The molecule has 0 radical (unpaired) electrons. The highest BCUT2D eigenvalue weighted by atomic mass is 16.5. The predicted molar refractivity (Wildman–Crippen MR) is 65.0 cm³/mol. The molecule has 0 fully saturated rings. The molecule has 0 aliphatic rings. The first kappa shape index (κ1) is 12.8. The maximum atomic E-state index is 5.05. The van der Waals surface area contributed by atoms with Crippen LogP contribution >= 0.6 is 0 Å². The number of methoxy groups -OCH3 is 2. The Morgan fingerprint density at radius 3 is 2.81 bits per heavy atom. The summed E-state index contributed by atoms with van der Waals surface area (Å²) in [5.74, 6) is 1.51. The number of hydrogen-bond donors (Lipinski definition) is 1. The minimum Gasteiger partial charge on any atom is -0.481 e. The Morgan fingerprint density at radius 2 is 2.06 bits per heavy atom. The van der Waals surface area contributed by atoms with E-state index in [0.29, 0.717) is 5.88 Å². The summed E-state index contributed by atoms with van der Waals surface area (Å²) in [6.45, 7) is 1.78. The van der Waals surface area contributed by atoms with Crippen molar-refractivity contribution >= 4 is 5.82 Å². The Balaban J connectivity index is 2.16. The van der Waals surface area contributed by atoms with E-state index in [-0.39, 0.29) is 0 Å². The standard InChI is InChI=1S/C12H20N2O2/c1-15-10-5-3-4-9-13-11-7-6-8-12(14-11)16-2/h6-8H,3-5,9-10H2,1-2H3,(H,13,14). The monoisotopic (exact) mass is 224 g/mol. The minimum atomic E-state index is 0.643. The average molecular weight is 224 g/mol. The number of pyridine rings is 1. The van der Waals surface area contributed by atoms with Crippen LogP contribution in [0.1, 0.15) is 19.3 Å². The topological polar surface area (TPSA) is 43.4 Å². The van der Waals surface area contributed by atoms with Crippen LogP contribution in [0.4, 0.5) is 5.82 Å². The van der Waals surface area contributed by atoms with E-state index in [1.807, 2.05) is 18.2 Å². The van der Waals surface area contributed by atoms with E-state index in [0.717, 1.165) is 31.8 Å². The summed E-state index contributed by atoms with van der Waals surface area (Å²) in [7, 11) is 3.36. The van der Waals surface area contributed by atoms with Crippen LogP contribution in [0.5, 0.6) is 5.88 Å². The molecule has 4 heteroatoms. The third-order valence-electron chi connectivity index (χ3n) is 2.26. The molecule has 1 N–H and O–H groups in total. The largest absolute Gasteiger partial charge is 0.481 e. The Kier molecular flexibility index (Phi) is 6.33. The zero-order chi connectivity index (χ0) is 11.6. The number of hydrogen-bond acceptors (Lipinski definition) is 4. The van der Waals surface area contributed by atoms with Crippen molar-refractivity contribution in [2.45, 2.75) is 19.3 Å². The van der Waals surface area contributed by atoms with Crippen molar-refractivity contribution in [2.24, 2.45) is 0 Å². The number of anilines is 1. The molecule has 4 nitrogen and oxygen atoms in total. The van der Waals surface area contributed by atoms with Crippen molar-refractivity contribution < 1.29 is 9.47 Å². The van der Waals surface area contributed by atoms with Gasteiger partial charge in [-0.15, -0.1) is 0 Å². The second-order valence-corrected chi connectivity index (χ2v) is 3.55. The molecule has 0 atom stereocenters. The molecule has 0 saturated carbocycles. The predicted octanol–water partition coefficient (Wildman–Crippen LogP) is 2.32. The summed E-state index contributed by atoms with van der Waals surface area (Å²) in [5.41, 5.74) is 0. The highest BCUT2D eigenvalue weighted by Crippen LogP contribution is 2.10. The van der Waals surface area contributed by atoms with Crippen LogP contribution in [0.2, 0.25) is 0 Å². The molecule has 0 unspecified atom stereocenters. The van der Waals surface area contributed by atoms with Gasteiger partial charge in [-0.1, -0.05) is 6.07 Å². The van der Waals surface area contributed by atoms with Crippen LogP contribution in [0, 0.1) is 0 Å². The molecule has 0 saturated heterocycles. The Labute approximate surface area is 97.0 Å². The highest BCUT2D eigenvalue weighted by Gasteiger charge is 1.96. The van der Waals surface area contributed by atoms with Crippen molar-refractivity contribution in [1.82, 2.24) is 4.98 Å². The molecule has 0 aliphatic heterocycles. The van der Waals surface area contributed by atoms with E-state index in [1.54, 1.807) is 14.2 Å². The van der Waals surface area contributed by atoms with Gasteiger partial charge in [0.15, 0.2) is 0 Å². The van der Waals surface area contributed by atoms with Crippen molar-refractivity contribution in [2.75, 3.05) is 32.7 Å². The fraction of sp³-hybridized carbons (Fsp3) is 0.583. The number of nitrogens with zero attached hydrogens (tertiary/aromatic N) is 1. The third-order valence-corrected chi connectivity index (χ3v) is 2.26. The number of nitrogens with one attached hydrogen (secondary N) is 1. The zero-order valence-electron chi connectivity index (χ0n) is 10.0. The summed E-state index contributed by atoms with van der Waals surface area (Å²) in [6.07, 6.45) is 3.41. The highest BCUT2D eigenvalue weighted by molar-refractivity contribution is 5.36. The second-order valence-electron chi connectivity index (χ2n) is 3.55. The van der Waals surface area contributed by atoms with Gasteiger partial charge in [0.2, 0.25) is 5.88 Å². The van der Waals surface area contributed by atoms with E-state index < -0.39 is 0 Å². The molecule has 16 heavy (non-hydrogen) atoms. The fourth-order valence-electron chi connectivity index (χ4n) is 1.39. The van der Waals surface area contributed by atoms with Gasteiger partial charge in [0.1, 0.15) is 5.82 Å². The first-order chi connectivity index (χ1) is 7.86. The molecule has 1 aromatic heterocycles. The van der Waals surface area contributed by atoms with Gasteiger partial charge in [-0.3, -0.25) is 0 Å². The second kappa shape index (κ2) is 7.93. The van der Waals surface area contributed by atoms with E-state index in [9.17, 15) is 0 Å². The lowest BCUT2D eigenvalue weighted by Crippen LogP contribution is -2.04. The molecule has 0 aromatic carbocycles. The van der Waals surface area contributed by atoms with Crippen LogP contribution in [0.3, 0.4) is 0 Å². The van der Waals surface area contributed by atoms with E-state index in [4.69, 9.17) is 9.47 Å². The molecule has 0 amide bonds.